The summed E-state index contributed by atoms with van der Waals surface area (Å²) in [6.07, 6.45) is 0. The van der Waals surface area contributed by atoms with Crippen molar-refractivity contribution in [2.45, 2.75) is 17.9 Å². The van der Waals surface area contributed by atoms with Gasteiger partial charge >= 0.3 is 5.97 Å². The average molecular weight is 437 g/mol. The molecule has 0 unspecified atom stereocenters. The van der Waals surface area contributed by atoms with Crippen LogP contribution in [0.4, 0.5) is 5.69 Å². The van der Waals surface area contributed by atoms with E-state index in [2.05, 4.69) is 15.0 Å². The Labute approximate surface area is 179 Å². The van der Waals surface area contributed by atoms with Gasteiger partial charge in [-0.1, -0.05) is 48.5 Å². The van der Waals surface area contributed by atoms with E-state index in [1.807, 2.05) is 36.4 Å². The SMILES string of the molecule is C[C@@H](N=C1NS(=O)(=O)c2ccccc21)C(=O)OCC(=O)Nc1cccc2ccccc12. The number of carbonyl (C=O) groups is 2. The first-order valence-electron chi connectivity index (χ1n) is 9.49. The number of nitrogens with zero attached hydrogens (tertiary/aromatic N) is 1. The molecule has 158 valence electrons. The highest BCUT2D eigenvalue weighted by Gasteiger charge is 2.31. The van der Waals surface area contributed by atoms with Crippen LogP contribution in [0.2, 0.25) is 0 Å². The molecule has 0 saturated carbocycles. The fraction of sp³-hybridized carbons (Fsp3) is 0.136. The van der Waals surface area contributed by atoms with E-state index in [1.54, 1.807) is 24.3 Å². The van der Waals surface area contributed by atoms with E-state index < -0.39 is 34.5 Å². The topological polar surface area (TPSA) is 114 Å². The third-order valence-corrected chi connectivity index (χ3v) is 6.13. The second-order valence-corrected chi connectivity index (χ2v) is 8.59. The zero-order valence-corrected chi connectivity index (χ0v) is 17.3. The van der Waals surface area contributed by atoms with Crippen molar-refractivity contribution in [3.05, 3.63) is 72.3 Å². The molecule has 1 atom stereocenters. The molecule has 2 N–H and O–H groups in total. The summed E-state index contributed by atoms with van der Waals surface area (Å²) in [6.45, 7) is 0.979. The van der Waals surface area contributed by atoms with Gasteiger partial charge in [-0.15, -0.1) is 0 Å². The van der Waals surface area contributed by atoms with Crippen molar-refractivity contribution in [3.8, 4) is 0 Å². The van der Waals surface area contributed by atoms with Crippen molar-refractivity contribution in [2.75, 3.05) is 11.9 Å². The van der Waals surface area contributed by atoms with Crippen LogP contribution in [0.3, 0.4) is 0 Å². The van der Waals surface area contributed by atoms with Crippen LogP contribution in [0.25, 0.3) is 10.8 Å². The van der Waals surface area contributed by atoms with Crippen LogP contribution in [-0.4, -0.2) is 38.8 Å². The number of carbonyl (C=O) groups excluding carboxylic acids is 2. The first kappa shape index (κ1) is 20.5. The zero-order valence-electron chi connectivity index (χ0n) is 16.5. The Balaban J connectivity index is 1.40. The fourth-order valence-electron chi connectivity index (χ4n) is 3.25. The third kappa shape index (κ3) is 4.26. The Morgan fingerprint density at radius 2 is 1.74 bits per heavy atom. The van der Waals surface area contributed by atoms with E-state index in [4.69, 9.17) is 4.74 Å². The lowest BCUT2D eigenvalue weighted by molar-refractivity contribution is -0.148. The highest BCUT2D eigenvalue weighted by molar-refractivity contribution is 7.90. The maximum absolute atomic E-state index is 12.3. The van der Waals surface area contributed by atoms with Crippen LogP contribution in [0.15, 0.2) is 76.6 Å². The number of ether oxygens (including phenoxy) is 1. The number of amidine groups is 1. The third-order valence-electron chi connectivity index (χ3n) is 4.74. The lowest BCUT2D eigenvalue weighted by Crippen LogP contribution is -2.28. The van der Waals surface area contributed by atoms with E-state index >= 15 is 0 Å². The molecule has 9 heteroatoms. The monoisotopic (exact) mass is 437 g/mol. The summed E-state index contributed by atoms with van der Waals surface area (Å²) in [4.78, 5) is 28.8. The smallest absolute Gasteiger partial charge is 0.331 e. The molecule has 3 aromatic rings. The number of anilines is 1. The number of fused-ring (bicyclic) bond motifs is 2. The van der Waals surface area contributed by atoms with Crippen molar-refractivity contribution >= 4 is 44.2 Å². The van der Waals surface area contributed by atoms with Crippen LogP contribution in [0.1, 0.15) is 12.5 Å². The minimum atomic E-state index is -3.70. The Morgan fingerprint density at radius 3 is 2.58 bits per heavy atom. The molecule has 1 aliphatic heterocycles. The van der Waals surface area contributed by atoms with Crippen molar-refractivity contribution in [2.24, 2.45) is 4.99 Å². The number of hydrogen-bond acceptors (Lipinski definition) is 6. The maximum atomic E-state index is 12.3. The highest BCUT2D eigenvalue weighted by Crippen LogP contribution is 2.24. The minimum absolute atomic E-state index is 0.0697. The molecule has 1 heterocycles. The van der Waals surface area contributed by atoms with Crippen molar-refractivity contribution in [3.63, 3.8) is 0 Å². The van der Waals surface area contributed by atoms with Crippen molar-refractivity contribution < 1.29 is 22.7 Å². The van der Waals surface area contributed by atoms with Gasteiger partial charge in [0.05, 0.1) is 4.90 Å². The molecular weight excluding hydrogens is 418 g/mol. The molecule has 0 radical (unpaired) electrons. The lowest BCUT2D eigenvalue weighted by atomic mass is 10.1. The Morgan fingerprint density at radius 1 is 1.03 bits per heavy atom. The predicted octanol–water partition coefficient (Wildman–Crippen LogP) is 2.45. The number of esters is 1. The molecule has 0 aliphatic carbocycles. The predicted molar refractivity (Wildman–Crippen MR) is 116 cm³/mol. The van der Waals surface area contributed by atoms with Gasteiger partial charge in [0.2, 0.25) is 0 Å². The van der Waals surface area contributed by atoms with Crippen molar-refractivity contribution in [1.29, 1.82) is 0 Å². The van der Waals surface area contributed by atoms with Crippen molar-refractivity contribution in [1.82, 2.24) is 4.72 Å². The molecule has 0 fully saturated rings. The maximum Gasteiger partial charge on any atom is 0.331 e. The van der Waals surface area contributed by atoms with Gasteiger partial charge in [0.25, 0.3) is 15.9 Å². The second kappa shape index (κ2) is 8.19. The highest BCUT2D eigenvalue weighted by atomic mass is 32.2. The van der Waals surface area contributed by atoms with Gasteiger partial charge in [0.15, 0.2) is 6.61 Å². The average Bonchev–Trinajstić information content (AvgIpc) is 3.02. The van der Waals surface area contributed by atoms with Crippen LogP contribution in [0.5, 0.6) is 0 Å². The summed E-state index contributed by atoms with van der Waals surface area (Å²) in [5.74, 6) is -1.17. The van der Waals surface area contributed by atoms with Gasteiger partial charge in [0.1, 0.15) is 11.9 Å². The minimum Gasteiger partial charge on any atom is -0.454 e. The molecule has 8 nitrogen and oxygen atoms in total. The first-order chi connectivity index (χ1) is 14.8. The molecule has 0 bridgehead atoms. The van der Waals surface area contributed by atoms with E-state index in [0.717, 1.165) is 10.8 Å². The summed E-state index contributed by atoms with van der Waals surface area (Å²) in [7, 11) is -3.70. The molecule has 0 spiro atoms. The number of amides is 1. The molecule has 0 saturated heterocycles. The molecule has 1 amide bonds. The standard InChI is InChI=1S/C22H19N3O5S/c1-14(23-21-17-10-4-5-12-19(17)31(28,29)25-21)22(27)30-13-20(26)24-18-11-6-8-15-7-2-3-9-16(15)18/h2-12,14H,13H2,1H3,(H,23,25)(H,24,26)/t14-/m1/s1. The molecule has 3 aromatic carbocycles. The quantitative estimate of drug-likeness (QED) is 0.595. The van der Waals surface area contributed by atoms with Crippen LogP contribution in [-0.2, 0) is 24.3 Å². The normalized spacial score (nSPS) is 16.4. The molecule has 4 rings (SSSR count). The van der Waals surface area contributed by atoms with E-state index in [1.165, 1.54) is 13.0 Å². The lowest BCUT2D eigenvalue weighted by Gasteiger charge is -2.11. The summed E-state index contributed by atoms with van der Waals surface area (Å²) < 4.78 is 31.7. The Hall–Kier alpha value is -3.72. The van der Waals surface area contributed by atoms with Crippen LogP contribution in [0, 0.1) is 0 Å². The number of benzene rings is 3. The molecule has 0 aromatic heterocycles. The fourth-order valence-corrected chi connectivity index (χ4v) is 4.49. The first-order valence-corrected chi connectivity index (χ1v) is 11.0. The summed E-state index contributed by atoms with van der Waals surface area (Å²) in [6, 6.07) is 18.4. The van der Waals surface area contributed by atoms with Crippen LogP contribution < -0.4 is 10.0 Å². The zero-order chi connectivity index (χ0) is 22.0. The van der Waals surface area contributed by atoms with E-state index in [0.29, 0.717) is 11.3 Å². The number of nitrogens with one attached hydrogen (secondary N) is 2. The van der Waals surface area contributed by atoms with Crippen LogP contribution >= 0.6 is 0 Å². The van der Waals surface area contributed by atoms with Gasteiger partial charge in [0, 0.05) is 16.6 Å². The van der Waals surface area contributed by atoms with E-state index in [-0.39, 0.29) is 10.7 Å². The largest absolute Gasteiger partial charge is 0.454 e. The van der Waals surface area contributed by atoms with E-state index in [9.17, 15) is 18.0 Å². The van der Waals surface area contributed by atoms with Gasteiger partial charge in [-0.3, -0.25) is 14.5 Å². The molecule has 31 heavy (non-hydrogen) atoms. The van der Waals surface area contributed by atoms with Gasteiger partial charge in [-0.2, -0.15) is 0 Å². The number of rotatable bonds is 5. The molecule has 1 aliphatic rings. The molecular formula is C22H19N3O5S. The summed E-state index contributed by atoms with van der Waals surface area (Å²) >= 11 is 0. The van der Waals surface area contributed by atoms with Gasteiger partial charge in [-0.25, -0.2) is 13.2 Å². The number of hydrogen-bond donors (Lipinski definition) is 2. The Kier molecular flexibility index (Phi) is 5.43. The van der Waals surface area contributed by atoms with Gasteiger partial charge < -0.3 is 10.1 Å². The summed E-state index contributed by atoms with van der Waals surface area (Å²) in [5.41, 5.74) is 1.00. The number of aliphatic imine (C=N–C) groups is 1. The van der Waals surface area contributed by atoms with Gasteiger partial charge in [-0.05, 0) is 30.5 Å². The Bertz CT molecular complexity index is 1310. The second-order valence-electron chi connectivity index (χ2n) is 6.94. The number of sulfonamides is 1. The summed E-state index contributed by atoms with van der Waals surface area (Å²) in [5, 5.41) is 4.58.